The average Bonchev–Trinajstić information content (AvgIpc) is 3.36. The van der Waals surface area contributed by atoms with Crippen LogP contribution < -0.4 is 5.32 Å². The van der Waals surface area contributed by atoms with E-state index in [-0.39, 0.29) is 43.4 Å². The van der Waals surface area contributed by atoms with Crippen LogP contribution in [0.25, 0.3) is 0 Å². The van der Waals surface area contributed by atoms with Crippen molar-refractivity contribution < 1.29 is 18.0 Å². The van der Waals surface area contributed by atoms with Gasteiger partial charge < -0.3 is 9.88 Å². The Labute approximate surface area is 223 Å². The smallest absolute Gasteiger partial charge is 0.248 e. The predicted octanol–water partition coefficient (Wildman–Crippen LogP) is 6.09. The van der Waals surface area contributed by atoms with Crippen LogP contribution >= 0.6 is 0 Å². The van der Waals surface area contributed by atoms with E-state index in [1.807, 2.05) is 13.0 Å². The lowest BCUT2D eigenvalue weighted by atomic mass is 9.86. The van der Waals surface area contributed by atoms with E-state index in [2.05, 4.69) is 38.8 Å². The molecule has 2 aliphatic heterocycles. The second kappa shape index (κ2) is 11.0. The van der Waals surface area contributed by atoms with Crippen molar-refractivity contribution in [1.29, 1.82) is 0 Å². The number of aryl methyl sites for hydroxylation is 1. The normalized spacial score (nSPS) is 26.6. The summed E-state index contributed by atoms with van der Waals surface area (Å²) < 4.78 is 43.7. The summed E-state index contributed by atoms with van der Waals surface area (Å²) in [4.78, 5) is 15.7. The van der Waals surface area contributed by atoms with Gasteiger partial charge in [-0.25, -0.2) is 13.2 Å². The number of aromatic nitrogens is 3. The number of rotatable bonds is 8. The molecule has 38 heavy (non-hydrogen) atoms. The summed E-state index contributed by atoms with van der Waals surface area (Å²) in [6, 6.07) is 7.30. The fourth-order valence-corrected chi connectivity index (χ4v) is 6.97. The van der Waals surface area contributed by atoms with Crippen LogP contribution in [-0.4, -0.2) is 50.1 Å². The maximum Gasteiger partial charge on any atom is 0.248 e. The van der Waals surface area contributed by atoms with E-state index < -0.39 is 11.8 Å². The maximum atomic E-state index is 14.1. The number of amides is 1. The monoisotopic (exact) mass is 531 g/mol. The number of piperidine rings is 1. The van der Waals surface area contributed by atoms with Crippen molar-refractivity contribution in [2.45, 2.75) is 115 Å². The highest BCUT2D eigenvalue weighted by Crippen LogP contribution is 2.42. The number of nitrogens with one attached hydrogen (secondary N) is 1. The maximum absolute atomic E-state index is 14.1. The minimum atomic E-state index is -2.68. The summed E-state index contributed by atoms with van der Waals surface area (Å²) in [5, 5.41) is 11.9. The van der Waals surface area contributed by atoms with Crippen molar-refractivity contribution in [3.63, 3.8) is 0 Å². The Balaban J connectivity index is 1.26. The molecule has 1 aromatic heterocycles. The van der Waals surface area contributed by atoms with Gasteiger partial charge in [-0.3, -0.25) is 9.69 Å². The molecule has 3 fully saturated rings. The Morgan fingerprint density at radius 2 is 1.76 bits per heavy atom. The quantitative estimate of drug-likeness (QED) is 0.448. The van der Waals surface area contributed by atoms with Crippen LogP contribution in [0.1, 0.15) is 107 Å². The first-order valence-electron chi connectivity index (χ1n) is 14.2. The Morgan fingerprint density at radius 1 is 1.08 bits per heavy atom. The molecule has 0 unspecified atom stereocenters. The molecular weight excluding hydrogens is 491 g/mol. The Kier molecular flexibility index (Phi) is 7.85. The van der Waals surface area contributed by atoms with E-state index in [1.54, 1.807) is 6.07 Å². The third kappa shape index (κ3) is 5.77. The van der Waals surface area contributed by atoms with Gasteiger partial charge in [0.2, 0.25) is 11.8 Å². The van der Waals surface area contributed by atoms with E-state index in [0.717, 1.165) is 49.4 Å². The van der Waals surface area contributed by atoms with Crippen LogP contribution in [0.5, 0.6) is 0 Å². The highest BCUT2D eigenvalue weighted by molar-refractivity contribution is 5.79. The molecule has 208 valence electrons. The van der Waals surface area contributed by atoms with Gasteiger partial charge in [0.25, 0.3) is 0 Å². The minimum Gasteiger partial charge on any atom is -0.349 e. The zero-order valence-corrected chi connectivity index (χ0v) is 22.7. The first-order chi connectivity index (χ1) is 18.1. The predicted molar refractivity (Wildman–Crippen MR) is 139 cm³/mol. The van der Waals surface area contributed by atoms with Crippen LogP contribution in [0.4, 0.5) is 13.2 Å². The lowest BCUT2D eigenvalue weighted by Gasteiger charge is -2.40. The fraction of sp³-hybridized carbons (Fsp3) is 0.690. The number of hydrogen-bond donors (Lipinski definition) is 1. The standard InChI is InChI=1S/C29H40F3N5O/c1-18(2)27-35-34-19(3)37(27)25-16-23-7-8-24(17-25)36(23)14-11-26(21-5-4-6-22(30)15-21)33-28(38)20-9-12-29(31,32)13-10-20/h4-6,15,18,20,23-26H,7-14,16-17H2,1-3H3,(H,33,38)/t23-,24-,26-/m0/s1. The van der Waals surface area contributed by atoms with Crippen LogP contribution in [0.2, 0.25) is 0 Å². The molecule has 0 radical (unpaired) electrons. The number of benzene rings is 1. The van der Waals surface area contributed by atoms with Gasteiger partial charge >= 0.3 is 0 Å². The first kappa shape index (κ1) is 27.2. The van der Waals surface area contributed by atoms with E-state index in [9.17, 15) is 18.0 Å². The van der Waals surface area contributed by atoms with Gasteiger partial charge in [-0.05, 0) is 69.6 Å². The van der Waals surface area contributed by atoms with Gasteiger partial charge in [0.1, 0.15) is 17.5 Å². The zero-order valence-electron chi connectivity index (χ0n) is 22.7. The second-order valence-electron chi connectivity index (χ2n) is 11.9. The molecule has 2 saturated heterocycles. The molecule has 3 aliphatic rings. The summed E-state index contributed by atoms with van der Waals surface area (Å²) in [5.41, 5.74) is 0.725. The van der Waals surface area contributed by atoms with Crippen LogP contribution in [0, 0.1) is 18.7 Å². The lowest BCUT2D eigenvalue weighted by molar-refractivity contribution is -0.130. The van der Waals surface area contributed by atoms with Crippen LogP contribution in [-0.2, 0) is 4.79 Å². The Morgan fingerprint density at radius 3 is 2.39 bits per heavy atom. The van der Waals surface area contributed by atoms with Crippen LogP contribution in [0.15, 0.2) is 24.3 Å². The van der Waals surface area contributed by atoms with Crippen molar-refractivity contribution in [1.82, 2.24) is 25.0 Å². The molecule has 1 aliphatic carbocycles. The first-order valence-corrected chi connectivity index (χ1v) is 14.2. The largest absolute Gasteiger partial charge is 0.349 e. The molecule has 9 heteroatoms. The SMILES string of the molecule is Cc1nnc(C(C)C)n1C1C[C@@H]2CC[C@@H](C1)N2CC[C@H](NC(=O)C1CCC(F)(F)CC1)c1cccc(F)c1. The molecule has 6 nitrogen and oxygen atoms in total. The van der Waals surface area contributed by atoms with Crippen molar-refractivity contribution in [2.24, 2.45) is 5.92 Å². The van der Waals surface area contributed by atoms with E-state index in [0.29, 0.717) is 30.5 Å². The summed E-state index contributed by atoms with van der Waals surface area (Å²) >= 11 is 0. The number of halogens is 3. The number of fused-ring (bicyclic) bond motifs is 2. The van der Waals surface area contributed by atoms with Gasteiger partial charge in [0.15, 0.2) is 0 Å². The fourth-order valence-electron chi connectivity index (χ4n) is 6.97. The molecule has 2 aromatic rings. The number of hydrogen-bond acceptors (Lipinski definition) is 4. The number of carbonyl (C=O) groups is 1. The molecule has 1 aromatic carbocycles. The molecule has 0 spiro atoms. The Hall–Kier alpha value is -2.42. The number of nitrogens with zero attached hydrogens (tertiary/aromatic N) is 4. The summed E-state index contributed by atoms with van der Waals surface area (Å²) in [5.74, 6) is -1.29. The van der Waals surface area contributed by atoms with Gasteiger partial charge in [-0.1, -0.05) is 26.0 Å². The third-order valence-corrected chi connectivity index (χ3v) is 8.97. The minimum absolute atomic E-state index is 0.188. The molecule has 1 saturated carbocycles. The topological polar surface area (TPSA) is 63.1 Å². The lowest BCUT2D eigenvalue weighted by Crippen LogP contribution is -2.45. The van der Waals surface area contributed by atoms with Crippen molar-refractivity contribution in [2.75, 3.05) is 6.54 Å². The zero-order chi connectivity index (χ0) is 27.0. The summed E-state index contributed by atoms with van der Waals surface area (Å²) in [7, 11) is 0. The Bertz CT molecular complexity index is 1110. The van der Waals surface area contributed by atoms with Crippen molar-refractivity contribution >= 4 is 5.91 Å². The molecular formula is C29H40F3N5O. The number of alkyl halides is 2. The molecule has 5 rings (SSSR count). The van der Waals surface area contributed by atoms with E-state index >= 15 is 0 Å². The summed E-state index contributed by atoms with van der Waals surface area (Å²) in [6.07, 6.45) is 4.90. The molecule has 1 amide bonds. The summed E-state index contributed by atoms with van der Waals surface area (Å²) in [6.45, 7) is 7.14. The molecule has 3 heterocycles. The molecule has 3 atom stereocenters. The number of carbonyl (C=O) groups excluding carboxylic acids is 1. The highest BCUT2D eigenvalue weighted by atomic mass is 19.3. The average molecular weight is 532 g/mol. The van der Waals surface area contributed by atoms with Crippen LogP contribution in [0.3, 0.4) is 0 Å². The van der Waals surface area contributed by atoms with Gasteiger partial charge in [-0.2, -0.15) is 0 Å². The molecule has 1 N–H and O–H groups in total. The highest BCUT2D eigenvalue weighted by Gasteiger charge is 2.42. The van der Waals surface area contributed by atoms with Gasteiger partial charge in [0.05, 0.1) is 6.04 Å². The third-order valence-electron chi connectivity index (χ3n) is 8.97. The van der Waals surface area contributed by atoms with E-state index in [4.69, 9.17) is 0 Å². The van der Waals surface area contributed by atoms with Crippen molar-refractivity contribution in [3.8, 4) is 0 Å². The van der Waals surface area contributed by atoms with E-state index in [1.165, 1.54) is 12.1 Å². The van der Waals surface area contributed by atoms with Gasteiger partial charge in [-0.15, -0.1) is 10.2 Å². The second-order valence-corrected chi connectivity index (χ2v) is 11.9. The molecule has 2 bridgehead atoms. The van der Waals surface area contributed by atoms with Gasteiger partial charge in [0, 0.05) is 49.3 Å². The van der Waals surface area contributed by atoms with Crippen molar-refractivity contribution in [3.05, 3.63) is 47.3 Å².